The Morgan fingerprint density at radius 1 is 1.21 bits per heavy atom. The molecule has 1 aromatic carbocycles. The lowest BCUT2D eigenvalue weighted by Gasteiger charge is -2.14. The van der Waals surface area contributed by atoms with Crippen molar-refractivity contribution in [2.24, 2.45) is 0 Å². The maximum Gasteiger partial charge on any atom is 0.437 e. The molecule has 33 heavy (non-hydrogen) atoms. The molecule has 0 unspecified atom stereocenters. The number of H-pyrrole nitrogens is 2. The molecule has 0 aliphatic carbocycles. The van der Waals surface area contributed by atoms with Gasteiger partial charge in [-0.1, -0.05) is 11.6 Å². The van der Waals surface area contributed by atoms with E-state index in [9.17, 15) is 27.6 Å². The maximum atomic E-state index is 13.6. The molecule has 3 rings (SSSR count). The van der Waals surface area contributed by atoms with Crippen molar-refractivity contribution < 1.29 is 27.4 Å². The topological polar surface area (TPSA) is 151 Å². The minimum Gasteiger partial charge on any atom is -0.465 e. The minimum atomic E-state index is -5.09. The van der Waals surface area contributed by atoms with Crippen LogP contribution in [0.4, 0.5) is 13.2 Å². The van der Waals surface area contributed by atoms with Crippen LogP contribution in [0.15, 0.2) is 33.9 Å². The summed E-state index contributed by atoms with van der Waals surface area (Å²) in [6, 6.07) is 6.22. The van der Waals surface area contributed by atoms with Crippen LogP contribution < -0.4 is 15.9 Å². The number of nitriles is 1. The van der Waals surface area contributed by atoms with Crippen LogP contribution in [0.25, 0.3) is 0 Å². The van der Waals surface area contributed by atoms with Crippen molar-refractivity contribution in [1.82, 2.24) is 20.2 Å². The number of ether oxygens (including phenoxy) is 2. The summed E-state index contributed by atoms with van der Waals surface area (Å²) in [6.07, 6.45) is -5.57. The van der Waals surface area contributed by atoms with Crippen LogP contribution in [-0.2, 0) is 17.3 Å². The maximum absolute atomic E-state index is 13.6. The van der Waals surface area contributed by atoms with Gasteiger partial charge < -0.3 is 14.5 Å². The van der Waals surface area contributed by atoms with Gasteiger partial charge in [-0.2, -0.15) is 23.5 Å². The number of aromatic nitrogens is 4. The molecule has 2 heterocycles. The van der Waals surface area contributed by atoms with E-state index in [0.717, 1.165) is 25.3 Å². The molecule has 0 radical (unpaired) electrons. The molecule has 0 atom stereocenters. The fraction of sp³-hybridized carbons (Fsp3) is 0.158. The second kappa shape index (κ2) is 9.13. The van der Waals surface area contributed by atoms with Crippen LogP contribution in [0.5, 0.6) is 11.5 Å². The minimum absolute atomic E-state index is 0.00220. The van der Waals surface area contributed by atoms with E-state index in [0.29, 0.717) is 0 Å². The van der Waals surface area contributed by atoms with Crippen molar-refractivity contribution in [2.75, 3.05) is 7.11 Å². The van der Waals surface area contributed by atoms with E-state index in [1.165, 1.54) is 6.07 Å². The molecular weight excluding hydrogens is 471 g/mol. The van der Waals surface area contributed by atoms with E-state index < -0.39 is 52.5 Å². The Labute approximate surface area is 186 Å². The van der Waals surface area contributed by atoms with Gasteiger partial charge in [0.15, 0.2) is 5.69 Å². The number of methoxy groups -OCH3 is 1. The van der Waals surface area contributed by atoms with Gasteiger partial charge in [0.25, 0.3) is 11.1 Å². The number of benzene rings is 1. The molecular formula is C19H11ClF3N5O5. The first-order valence-electron chi connectivity index (χ1n) is 8.77. The molecule has 170 valence electrons. The first kappa shape index (κ1) is 23.5. The quantitative estimate of drug-likeness (QED) is 0.528. The summed E-state index contributed by atoms with van der Waals surface area (Å²) in [5, 5.41) is 14.6. The van der Waals surface area contributed by atoms with E-state index in [4.69, 9.17) is 21.6 Å². The Bertz CT molecular complexity index is 1390. The third-order valence-electron chi connectivity index (χ3n) is 4.03. The predicted octanol–water partition coefficient (Wildman–Crippen LogP) is 2.57. The third kappa shape index (κ3) is 5.36. The zero-order valence-corrected chi connectivity index (χ0v) is 17.2. The Balaban J connectivity index is 2.04. The number of carbonyl (C=O) groups is 1. The van der Waals surface area contributed by atoms with Crippen LogP contribution >= 0.6 is 11.6 Å². The number of halogens is 4. The van der Waals surface area contributed by atoms with Gasteiger partial charge in [-0.3, -0.25) is 9.59 Å². The number of hydrogen-bond acceptors (Lipinski definition) is 8. The van der Waals surface area contributed by atoms with Crippen molar-refractivity contribution in [3.05, 3.63) is 78.3 Å². The van der Waals surface area contributed by atoms with Gasteiger partial charge in [0, 0.05) is 11.4 Å². The van der Waals surface area contributed by atoms with Crippen molar-refractivity contribution in [3.63, 3.8) is 0 Å². The molecule has 10 nitrogen and oxygen atoms in total. The van der Waals surface area contributed by atoms with Gasteiger partial charge in [-0.15, -0.1) is 0 Å². The zero-order valence-electron chi connectivity index (χ0n) is 16.4. The highest BCUT2D eigenvalue weighted by Crippen LogP contribution is 2.35. The highest BCUT2D eigenvalue weighted by atomic mass is 35.5. The molecule has 14 heteroatoms. The molecule has 2 aromatic heterocycles. The highest BCUT2D eigenvalue weighted by molar-refractivity contribution is 6.30. The summed E-state index contributed by atoms with van der Waals surface area (Å²) in [5.41, 5.74) is -4.30. The van der Waals surface area contributed by atoms with Crippen LogP contribution in [0.1, 0.15) is 33.1 Å². The Kier molecular flexibility index (Phi) is 6.50. The average Bonchev–Trinajstić information content (AvgIpc) is 2.75. The highest BCUT2D eigenvalue weighted by Gasteiger charge is 2.39. The van der Waals surface area contributed by atoms with Gasteiger partial charge in [-0.05, 0) is 24.3 Å². The largest absolute Gasteiger partial charge is 0.465 e. The third-order valence-corrected chi connectivity index (χ3v) is 4.24. The standard InChI is InChI=1S/C19H11ClF3N5O5/c1-32-18(31)12-5-10(27-28-16(12)29)6-13-25-15(19(21,22)23)14(17(30)26-13)33-11-3-8(7-24)2-9(20)4-11/h2-5H,6H2,1H3,(H,28,29)(H,25,26,30). The van der Waals surface area contributed by atoms with Crippen molar-refractivity contribution in [2.45, 2.75) is 12.6 Å². The average molecular weight is 482 g/mol. The first-order valence-corrected chi connectivity index (χ1v) is 9.15. The second-order valence-corrected chi connectivity index (χ2v) is 6.78. The Morgan fingerprint density at radius 3 is 2.58 bits per heavy atom. The van der Waals surface area contributed by atoms with Gasteiger partial charge >= 0.3 is 12.1 Å². The second-order valence-electron chi connectivity index (χ2n) is 6.35. The summed E-state index contributed by atoms with van der Waals surface area (Å²) >= 11 is 5.82. The fourth-order valence-electron chi connectivity index (χ4n) is 2.65. The van der Waals surface area contributed by atoms with Crippen LogP contribution in [0, 0.1) is 11.3 Å². The van der Waals surface area contributed by atoms with Crippen molar-refractivity contribution in [1.29, 1.82) is 5.26 Å². The summed E-state index contributed by atoms with van der Waals surface area (Å²) in [7, 11) is 1.04. The van der Waals surface area contributed by atoms with Gasteiger partial charge in [0.2, 0.25) is 5.75 Å². The molecule has 0 bridgehead atoms. The van der Waals surface area contributed by atoms with Gasteiger partial charge in [-0.25, -0.2) is 14.9 Å². The first-order chi connectivity index (χ1) is 15.5. The lowest BCUT2D eigenvalue weighted by Crippen LogP contribution is -2.23. The summed E-state index contributed by atoms with van der Waals surface area (Å²) in [4.78, 5) is 41.3. The van der Waals surface area contributed by atoms with E-state index in [2.05, 4.69) is 19.8 Å². The lowest BCUT2D eigenvalue weighted by atomic mass is 10.2. The molecule has 2 N–H and O–H groups in total. The molecule has 0 spiro atoms. The summed E-state index contributed by atoms with van der Waals surface area (Å²) in [6.45, 7) is 0. The van der Waals surface area contributed by atoms with Crippen LogP contribution in [-0.4, -0.2) is 33.2 Å². The van der Waals surface area contributed by atoms with Crippen molar-refractivity contribution >= 4 is 17.6 Å². The lowest BCUT2D eigenvalue weighted by molar-refractivity contribution is -0.142. The number of esters is 1. The van der Waals surface area contributed by atoms with E-state index in [-0.39, 0.29) is 22.0 Å². The normalized spacial score (nSPS) is 11.0. The molecule has 0 aliphatic heterocycles. The number of nitrogens with one attached hydrogen (secondary N) is 2. The Hall–Kier alpha value is -4.18. The number of nitrogens with zero attached hydrogens (tertiary/aromatic N) is 3. The SMILES string of the molecule is COC(=O)c1cc(Cc2nc(C(F)(F)F)c(Oc3cc(Cl)cc(C#N)c3)c(=O)[nH]2)n[nH]c1=O. The number of carbonyl (C=O) groups excluding carboxylic acids is 1. The fourth-order valence-corrected chi connectivity index (χ4v) is 2.88. The summed E-state index contributed by atoms with van der Waals surface area (Å²) < 4.78 is 50.5. The smallest absolute Gasteiger partial charge is 0.437 e. The summed E-state index contributed by atoms with van der Waals surface area (Å²) in [5.74, 6) is -2.91. The molecule has 0 saturated heterocycles. The van der Waals surface area contributed by atoms with E-state index in [1.54, 1.807) is 6.07 Å². The molecule has 3 aromatic rings. The van der Waals surface area contributed by atoms with E-state index >= 15 is 0 Å². The molecule has 0 fully saturated rings. The predicted molar refractivity (Wildman–Crippen MR) is 105 cm³/mol. The number of alkyl halides is 3. The monoisotopic (exact) mass is 481 g/mol. The number of aromatic amines is 2. The zero-order chi connectivity index (χ0) is 24.3. The van der Waals surface area contributed by atoms with Gasteiger partial charge in [0.05, 0.1) is 24.4 Å². The Morgan fingerprint density at radius 2 is 1.94 bits per heavy atom. The van der Waals surface area contributed by atoms with Crippen LogP contribution in [0.2, 0.25) is 5.02 Å². The molecule has 0 saturated carbocycles. The molecule has 0 aliphatic rings. The van der Waals surface area contributed by atoms with Gasteiger partial charge in [0.1, 0.15) is 17.1 Å². The number of rotatable bonds is 5. The van der Waals surface area contributed by atoms with Crippen molar-refractivity contribution in [3.8, 4) is 17.6 Å². The molecule has 0 amide bonds. The van der Waals surface area contributed by atoms with Crippen LogP contribution in [0.3, 0.4) is 0 Å². The number of hydrogen-bond donors (Lipinski definition) is 2. The van der Waals surface area contributed by atoms with E-state index in [1.807, 2.05) is 5.10 Å².